The number of aromatic nitrogens is 2. The number of rotatable bonds is 3. The molecule has 0 atom stereocenters. The van der Waals surface area contributed by atoms with Gasteiger partial charge in [0.25, 0.3) is 0 Å². The van der Waals surface area contributed by atoms with Crippen LogP contribution in [0.2, 0.25) is 0 Å². The van der Waals surface area contributed by atoms with E-state index < -0.39 is 0 Å². The van der Waals surface area contributed by atoms with E-state index in [0.717, 1.165) is 12.1 Å². The summed E-state index contributed by atoms with van der Waals surface area (Å²) in [5.74, 6) is 0. The molecule has 0 fully saturated rings. The minimum absolute atomic E-state index is 0.883. The highest BCUT2D eigenvalue weighted by Crippen LogP contribution is 2.16. The summed E-state index contributed by atoms with van der Waals surface area (Å²) in [7, 11) is 1.89. The second-order valence-corrected chi connectivity index (χ2v) is 4.62. The zero-order valence-electron chi connectivity index (χ0n) is 11.4. The first-order chi connectivity index (χ1) is 8.60. The molecule has 0 spiro atoms. The van der Waals surface area contributed by atoms with Gasteiger partial charge >= 0.3 is 0 Å². The van der Waals surface area contributed by atoms with Crippen LogP contribution < -0.4 is 0 Å². The van der Waals surface area contributed by atoms with E-state index in [0.29, 0.717) is 0 Å². The summed E-state index contributed by atoms with van der Waals surface area (Å²) in [6, 6.07) is 4.45. The Hall–Kier alpha value is -1.90. The van der Waals surface area contributed by atoms with Gasteiger partial charge < -0.3 is 0 Å². The molecule has 0 aliphatic rings. The summed E-state index contributed by atoms with van der Waals surface area (Å²) in [5, 5.41) is 4.10. The Balaban J connectivity index is 2.29. The van der Waals surface area contributed by atoms with Crippen LogP contribution in [0.4, 0.5) is 5.69 Å². The fourth-order valence-electron chi connectivity index (χ4n) is 2.04. The van der Waals surface area contributed by atoms with Crippen molar-refractivity contribution >= 4 is 11.9 Å². The molecule has 94 valence electrons. The highest BCUT2D eigenvalue weighted by atomic mass is 15.2. The third kappa shape index (κ3) is 2.67. The van der Waals surface area contributed by atoms with Gasteiger partial charge in [-0.05, 0) is 48.6 Å². The van der Waals surface area contributed by atoms with E-state index in [2.05, 4.69) is 43.0 Å². The average Bonchev–Trinajstić information content (AvgIpc) is 2.75. The van der Waals surface area contributed by atoms with E-state index >= 15 is 0 Å². The first kappa shape index (κ1) is 12.6. The van der Waals surface area contributed by atoms with Gasteiger partial charge in [0.2, 0.25) is 0 Å². The summed E-state index contributed by atoms with van der Waals surface area (Å²) in [4.78, 5) is 4.45. The van der Waals surface area contributed by atoms with Gasteiger partial charge in [-0.3, -0.25) is 9.67 Å². The minimum Gasteiger partial charge on any atom is -0.274 e. The van der Waals surface area contributed by atoms with Crippen LogP contribution in [0.15, 0.2) is 29.5 Å². The maximum absolute atomic E-state index is 4.45. The van der Waals surface area contributed by atoms with Crippen molar-refractivity contribution in [3.05, 3.63) is 46.8 Å². The summed E-state index contributed by atoms with van der Waals surface area (Å²) in [6.07, 6.45) is 6.66. The number of benzene rings is 1. The lowest BCUT2D eigenvalue weighted by Gasteiger charge is -2.07. The monoisotopic (exact) mass is 241 g/mol. The Labute approximate surface area is 108 Å². The van der Waals surface area contributed by atoms with Crippen molar-refractivity contribution in [1.29, 1.82) is 0 Å². The number of aliphatic imine (C=N–C) groups is 1. The third-order valence-electron chi connectivity index (χ3n) is 3.15. The lowest BCUT2D eigenvalue weighted by molar-refractivity contribution is 0.768. The SMILES string of the molecule is CCc1cc(C)c(C=Nc2cnn(C)c2)cc1C. The lowest BCUT2D eigenvalue weighted by Crippen LogP contribution is -1.94. The Morgan fingerprint density at radius 1 is 1.28 bits per heavy atom. The topological polar surface area (TPSA) is 30.2 Å². The van der Waals surface area contributed by atoms with Crippen LogP contribution in [-0.4, -0.2) is 16.0 Å². The molecule has 18 heavy (non-hydrogen) atoms. The van der Waals surface area contributed by atoms with Crippen molar-refractivity contribution in [3.63, 3.8) is 0 Å². The van der Waals surface area contributed by atoms with E-state index in [1.807, 2.05) is 19.5 Å². The van der Waals surface area contributed by atoms with Crippen LogP contribution in [-0.2, 0) is 13.5 Å². The van der Waals surface area contributed by atoms with Crippen LogP contribution in [0, 0.1) is 13.8 Å². The molecule has 3 nitrogen and oxygen atoms in total. The quantitative estimate of drug-likeness (QED) is 0.758. The largest absolute Gasteiger partial charge is 0.274 e. The summed E-state index contributed by atoms with van der Waals surface area (Å²) >= 11 is 0. The molecule has 1 aromatic heterocycles. The molecule has 1 aromatic carbocycles. The molecule has 0 aliphatic carbocycles. The fraction of sp³-hybridized carbons (Fsp3) is 0.333. The molecule has 0 saturated carbocycles. The molecule has 0 N–H and O–H groups in total. The van der Waals surface area contributed by atoms with E-state index in [4.69, 9.17) is 0 Å². The fourth-order valence-corrected chi connectivity index (χ4v) is 2.04. The first-order valence-electron chi connectivity index (χ1n) is 6.23. The second kappa shape index (κ2) is 5.17. The molecule has 3 heteroatoms. The Morgan fingerprint density at radius 3 is 2.67 bits per heavy atom. The maximum atomic E-state index is 4.45. The van der Waals surface area contributed by atoms with Gasteiger partial charge in [0, 0.05) is 13.3 Å². The van der Waals surface area contributed by atoms with Gasteiger partial charge in [0.1, 0.15) is 5.69 Å². The van der Waals surface area contributed by atoms with Gasteiger partial charge in [-0.25, -0.2) is 0 Å². The highest BCUT2D eigenvalue weighted by molar-refractivity contribution is 5.84. The van der Waals surface area contributed by atoms with Crippen LogP contribution in [0.1, 0.15) is 29.2 Å². The normalized spacial score (nSPS) is 11.3. The number of hydrogen-bond donors (Lipinski definition) is 0. The average molecular weight is 241 g/mol. The maximum Gasteiger partial charge on any atom is 0.101 e. The van der Waals surface area contributed by atoms with Crippen LogP contribution in [0.5, 0.6) is 0 Å². The van der Waals surface area contributed by atoms with E-state index in [1.54, 1.807) is 10.9 Å². The minimum atomic E-state index is 0.883. The molecule has 1 heterocycles. The Bertz CT molecular complexity index is 579. The van der Waals surface area contributed by atoms with Crippen molar-refractivity contribution in [1.82, 2.24) is 9.78 Å². The number of hydrogen-bond acceptors (Lipinski definition) is 2. The lowest BCUT2D eigenvalue weighted by atomic mass is 9.99. The molecule has 2 aromatic rings. The standard InChI is InChI=1S/C15H19N3/c1-5-13-6-12(3)14(7-11(13)2)8-16-15-9-17-18(4)10-15/h6-10H,5H2,1-4H3. The van der Waals surface area contributed by atoms with Crippen molar-refractivity contribution in [2.24, 2.45) is 12.0 Å². The molecule has 2 rings (SSSR count). The van der Waals surface area contributed by atoms with Crippen molar-refractivity contribution in [2.75, 3.05) is 0 Å². The predicted molar refractivity (Wildman–Crippen MR) is 75.8 cm³/mol. The summed E-state index contributed by atoms with van der Waals surface area (Å²) in [6.45, 7) is 6.47. The third-order valence-corrected chi connectivity index (χ3v) is 3.15. The Morgan fingerprint density at radius 2 is 2.06 bits per heavy atom. The van der Waals surface area contributed by atoms with Crippen LogP contribution in [0.25, 0.3) is 0 Å². The molecule has 0 aliphatic heterocycles. The van der Waals surface area contributed by atoms with Gasteiger partial charge in [0.15, 0.2) is 0 Å². The van der Waals surface area contributed by atoms with Crippen molar-refractivity contribution in [3.8, 4) is 0 Å². The van der Waals surface area contributed by atoms with E-state index in [9.17, 15) is 0 Å². The van der Waals surface area contributed by atoms with Crippen molar-refractivity contribution < 1.29 is 0 Å². The van der Waals surface area contributed by atoms with Gasteiger partial charge in [-0.2, -0.15) is 5.10 Å². The van der Waals surface area contributed by atoms with Crippen LogP contribution >= 0.6 is 0 Å². The predicted octanol–water partition coefficient (Wildman–Crippen LogP) is 3.35. The smallest absolute Gasteiger partial charge is 0.101 e. The summed E-state index contributed by atoms with van der Waals surface area (Å²) in [5.41, 5.74) is 6.06. The zero-order chi connectivity index (χ0) is 13.1. The van der Waals surface area contributed by atoms with E-state index in [1.165, 1.54) is 22.3 Å². The van der Waals surface area contributed by atoms with Crippen molar-refractivity contribution in [2.45, 2.75) is 27.2 Å². The molecular formula is C15H19N3. The molecule has 0 amide bonds. The molecular weight excluding hydrogens is 222 g/mol. The van der Waals surface area contributed by atoms with Gasteiger partial charge in [0.05, 0.1) is 12.4 Å². The zero-order valence-corrected chi connectivity index (χ0v) is 11.4. The molecule has 0 unspecified atom stereocenters. The first-order valence-corrected chi connectivity index (χ1v) is 6.23. The van der Waals surface area contributed by atoms with E-state index in [-0.39, 0.29) is 0 Å². The number of nitrogens with zero attached hydrogens (tertiary/aromatic N) is 3. The molecule has 0 bridgehead atoms. The van der Waals surface area contributed by atoms with Gasteiger partial charge in [-0.15, -0.1) is 0 Å². The highest BCUT2D eigenvalue weighted by Gasteiger charge is 2.01. The second-order valence-electron chi connectivity index (χ2n) is 4.62. The molecule has 0 radical (unpaired) electrons. The van der Waals surface area contributed by atoms with Crippen LogP contribution in [0.3, 0.4) is 0 Å². The number of aryl methyl sites for hydroxylation is 4. The molecule has 0 saturated heterocycles. The van der Waals surface area contributed by atoms with Gasteiger partial charge in [-0.1, -0.05) is 13.0 Å². The Kier molecular flexibility index (Phi) is 3.60. The summed E-state index contributed by atoms with van der Waals surface area (Å²) < 4.78 is 1.75.